The molecule has 0 aliphatic carbocycles. The van der Waals surface area contributed by atoms with Crippen molar-refractivity contribution in [1.29, 1.82) is 0 Å². The summed E-state index contributed by atoms with van der Waals surface area (Å²) >= 11 is 0. The van der Waals surface area contributed by atoms with Gasteiger partial charge in [-0.1, -0.05) is 5.16 Å². The van der Waals surface area contributed by atoms with E-state index in [0.717, 1.165) is 17.5 Å². The molecule has 0 atom stereocenters. The third-order valence-electron chi connectivity index (χ3n) is 3.17. The van der Waals surface area contributed by atoms with Crippen molar-refractivity contribution >= 4 is 17.2 Å². The van der Waals surface area contributed by atoms with Gasteiger partial charge in [-0.2, -0.15) is 0 Å². The summed E-state index contributed by atoms with van der Waals surface area (Å²) in [6.07, 6.45) is 0.732. The number of carbonyl (C=O) groups excluding carboxylic acids is 1. The van der Waals surface area contributed by atoms with Crippen LogP contribution in [0.1, 0.15) is 18.1 Å². The van der Waals surface area contributed by atoms with Gasteiger partial charge in [0.05, 0.1) is 19.9 Å². The van der Waals surface area contributed by atoms with Crippen LogP contribution >= 0.6 is 0 Å². The molecule has 1 aliphatic rings. The Morgan fingerprint density at radius 2 is 1.95 bits per heavy atom. The number of hydrogen-bond acceptors (Lipinski definition) is 6. The zero-order valence-corrected chi connectivity index (χ0v) is 11.6. The summed E-state index contributed by atoms with van der Waals surface area (Å²) in [7, 11) is 3.11. The predicted molar refractivity (Wildman–Crippen MR) is 74.6 cm³/mol. The molecular weight excluding hydrogens is 260 g/mol. The lowest BCUT2D eigenvalue weighted by Gasteiger charge is -2.19. The van der Waals surface area contributed by atoms with Gasteiger partial charge in [0.1, 0.15) is 0 Å². The van der Waals surface area contributed by atoms with Gasteiger partial charge >= 0.3 is 0 Å². The smallest absolute Gasteiger partial charge is 0.183 e. The maximum absolute atomic E-state index is 11.5. The van der Waals surface area contributed by atoms with Crippen molar-refractivity contribution in [2.45, 2.75) is 13.3 Å². The van der Waals surface area contributed by atoms with Gasteiger partial charge in [-0.25, -0.2) is 0 Å². The van der Waals surface area contributed by atoms with Gasteiger partial charge < -0.3 is 14.7 Å². The largest absolute Gasteiger partial charge is 0.493 e. The van der Waals surface area contributed by atoms with E-state index >= 15 is 0 Å². The molecule has 0 fully saturated rings. The summed E-state index contributed by atoms with van der Waals surface area (Å²) in [5.41, 5.74) is 2.06. The molecule has 2 rings (SSSR count). The van der Waals surface area contributed by atoms with Crippen molar-refractivity contribution in [3.8, 4) is 11.5 Å². The standard InChI is InChI=1S/C14H16N2O4/c1-8(17)13(16-18)14-10-7-12(20-3)11(19-2)6-9(10)4-5-15-14/h6-7,18H,4-5H2,1-3H3/b16-13-. The van der Waals surface area contributed by atoms with E-state index in [1.54, 1.807) is 13.2 Å². The van der Waals surface area contributed by atoms with Crippen LogP contribution in [0.2, 0.25) is 0 Å². The van der Waals surface area contributed by atoms with E-state index in [9.17, 15) is 4.79 Å². The van der Waals surface area contributed by atoms with E-state index in [2.05, 4.69) is 10.1 Å². The van der Waals surface area contributed by atoms with E-state index in [-0.39, 0.29) is 11.5 Å². The number of benzene rings is 1. The Morgan fingerprint density at radius 1 is 1.30 bits per heavy atom. The SMILES string of the molecule is COc1cc2c(cc1OC)C(/C(=N\O)C(C)=O)=NCC2. The maximum atomic E-state index is 11.5. The quantitative estimate of drug-likeness (QED) is 0.513. The number of Topliss-reactive ketones (excluding diaryl/α,β-unsaturated/α-hetero) is 1. The number of fused-ring (bicyclic) bond motifs is 1. The van der Waals surface area contributed by atoms with Crippen LogP contribution in [0.4, 0.5) is 0 Å². The number of rotatable bonds is 4. The first kappa shape index (κ1) is 14.0. The molecule has 0 bridgehead atoms. The molecule has 1 aliphatic heterocycles. The van der Waals surface area contributed by atoms with Crippen molar-refractivity contribution in [3.63, 3.8) is 0 Å². The molecule has 6 nitrogen and oxygen atoms in total. The van der Waals surface area contributed by atoms with E-state index in [1.807, 2.05) is 6.07 Å². The molecule has 1 aromatic carbocycles. The molecule has 1 heterocycles. The number of carbonyl (C=O) groups is 1. The molecule has 6 heteroatoms. The highest BCUT2D eigenvalue weighted by molar-refractivity contribution is 6.70. The van der Waals surface area contributed by atoms with Crippen LogP contribution in [0.15, 0.2) is 22.3 Å². The second kappa shape index (κ2) is 5.73. The number of aliphatic imine (C=N–C) groups is 1. The van der Waals surface area contributed by atoms with E-state index < -0.39 is 0 Å². The first-order chi connectivity index (χ1) is 9.62. The number of hydrogen-bond donors (Lipinski definition) is 1. The predicted octanol–water partition coefficient (Wildman–Crippen LogP) is 1.47. The van der Waals surface area contributed by atoms with Gasteiger partial charge in [-0.3, -0.25) is 9.79 Å². The minimum Gasteiger partial charge on any atom is -0.493 e. The fourth-order valence-corrected chi connectivity index (χ4v) is 2.21. The molecular formula is C14H16N2O4. The van der Waals surface area contributed by atoms with Crippen LogP contribution in [0, 0.1) is 0 Å². The van der Waals surface area contributed by atoms with Gasteiger partial charge in [-0.05, 0) is 24.1 Å². The second-order valence-corrected chi connectivity index (χ2v) is 4.35. The average Bonchev–Trinajstić information content (AvgIpc) is 2.46. The number of methoxy groups -OCH3 is 2. The highest BCUT2D eigenvalue weighted by Crippen LogP contribution is 2.32. The summed E-state index contributed by atoms with van der Waals surface area (Å²) in [4.78, 5) is 15.8. The Hall–Kier alpha value is -2.37. The third kappa shape index (κ3) is 2.36. The lowest BCUT2D eigenvalue weighted by atomic mass is 9.93. The Kier molecular flexibility index (Phi) is 4.02. The van der Waals surface area contributed by atoms with Gasteiger partial charge in [0.25, 0.3) is 0 Å². The van der Waals surface area contributed by atoms with Crippen LogP contribution in [-0.4, -0.2) is 43.2 Å². The molecule has 0 amide bonds. The fraction of sp³-hybridized carbons (Fsp3) is 0.357. The molecule has 106 valence electrons. The summed E-state index contributed by atoms with van der Waals surface area (Å²) in [6.45, 7) is 1.87. The maximum Gasteiger partial charge on any atom is 0.183 e. The van der Waals surface area contributed by atoms with Crippen LogP contribution < -0.4 is 9.47 Å². The average molecular weight is 276 g/mol. The molecule has 0 unspecified atom stereocenters. The number of ketones is 1. The summed E-state index contributed by atoms with van der Waals surface area (Å²) < 4.78 is 10.5. The highest BCUT2D eigenvalue weighted by atomic mass is 16.5. The number of oxime groups is 1. The van der Waals surface area contributed by atoms with Crippen molar-refractivity contribution in [1.82, 2.24) is 0 Å². The molecule has 0 radical (unpaired) electrons. The Bertz CT molecular complexity index is 605. The van der Waals surface area contributed by atoms with E-state index in [0.29, 0.717) is 23.8 Å². The zero-order valence-electron chi connectivity index (χ0n) is 11.6. The molecule has 0 spiro atoms. The first-order valence-electron chi connectivity index (χ1n) is 6.15. The topological polar surface area (TPSA) is 80.5 Å². The van der Waals surface area contributed by atoms with E-state index in [1.165, 1.54) is 14.0 Å². The van der Waals surface area contributed by atoms with Gasteiger partial charge in [-0.15, -0.1) is 0 Å². The van der Waals surface area contributed by atoms with Crippen molar-refractivity contribution < 1.29 is 19.5 Å². The minimum absolute atomic E-state index is 0.0434. The molecule has 0 aromatic heterocycles. The second-order valence-electron chi connectivity index (χ2n) is 4.35. The van der Waals surface area contributed by atoms with Crippen molar-refractivity contribution in [3.05, 3.63) is 23.3 Å². The van der Waals surface area contributed by atoms with Crippen LogP contribution in [0.25, 0.3) is 0 Å². The molecule has 0 saturated heterocycles. The van der Waals surface area contributed by atoms with Gasteiger partial charge in [0.2, 0.25) is 0 Å². The summed E-state index contributed by atoms with van der Waals surface area (Å²) in [5, 5.41) is 12.1. The molecule has 1 N–H and O–H groups in total. The lowest BCUT2D eigenvalue weighted by molar-refractivity contribution is -0.111. The third-order valence-corrected chi connectivity index (χ3v) is 3.17. The Labute approximate surface area is 116 Å². The van der Waals surface area contributed by atoms with Crippen LogP contribution in [0.5, 0.6) is 11.5 Å². The van der Waals surface area contributed by atoms with Crippen LogP contribution in [-0.2, 0) is 11.2 Å². The Morgan fingerprint density at radius 3 is 2.50 bits per heavy atom. The van der Waals surface area contributed by atoms with Gasteiger partial charge in [0.15, 0.2) is 23.0 Å². The normalized spacial score (nSPS) is 14.3. The minimum atomic E-state index is -0.339. The molecule has 20 heavy (non-hydrogen) atoms. The fourth-order valence-electron chi connectivity index (χ4n) is 2.21. The first-order valence-corrected chi connectivity index (χ1v) is 6.15. The highest BCUT2D eigenvalue weighted by Gasteiger charge is 2.24. The van der Waals surface area contributed by atoms with Crippen molar-refractivity contribution in [2.24, 2.45) is 10.1 Å². The molecule has 1 aromatic rings. The van der Waals surface area contributed by atoms with Gasteiger partial charge in [0, 0.05) is 19.0 Å². The summed E-state index contributed by atoms with van der Waals surface area (Å²) in [6, 6.07) is 3.61. The zero-order chi connectivity index (χ0) is 14.7. The summed E-state index contributed by atoms with van der Waals surface area (Å²) in [5.74, 6) is 0.827. The monoisotopic (exact) mass is 276 g/mol. The number of nitrogens with zero attached hydrogens (tertiary/aromatic N) is 2. The number of ether oxygens (including phenoxy) is 2. The molecule has 0 saturated carbocycles. The van der Waals surface area contributed by atoms with Crippen LogP contribution in [0.3, 0.4) is 0 Å². The van der Waals surface area contributed by atoms with E-state index in [4.69, 9.17) is 14.7 Å². The lowest BCUT2D eigenvalue weighted by Crippen LogP contribution is -2.27. The Balaban J connectivity index is 2.58. The van der Waals surface area contributed by atoms with Crippen molar-refractivity contribution in [2.75, 3.05) is 20.8 Å².